The van der Waals surface area contributed by atoms with Crippen molar-refractivity contribution in [3.63, 3.8) is 0 Å². The van der Waals surface area contributed by atoms with E-state index in [1.54, 1.807) is 25.7 Å². The Kier molecular flexibility index (Phi) is 1.28. The summed E-state index contributed by atoms with van der Waals surface area (Å²) in [5, 5.41) is 0. The zero-order valence-corrected chi connectivity index (χ0v) is 6.27. The van der Waals surface area contributed by atoms with Gasteiger partial charge < -0.3 is 0 Å². The molecule has 0 spiro atoms. The van der Waals surface area contributed by atoms with Crippen LogP contribution in [-0.2, 0) is 0 Å². The number of rotatable bonds is 1. The first-order valence-corrected chi connectivity index (χ1v) is 4.40. The molecule has 2 fully saturated rings. The second-order valence-electron chi connectivity index (χ2n) is 3.84. The van der Waals surface area contributed by atoms with Crippen molar-refractivity contribution in [3.05, 3.63) is 0 Å². The second-order valence-corrected chi connectivity index (χ2v) is 3.84. The molecule has 0 aliphatic heterocycles. The third-order valence-electron chi connectivity index (χ3n) is 3.41. The lowest BCUT2D eigenvalue weighted by Gasteiger charge is -2.18. The molecular weight excluding hydrogens is 108 g/mol. The largest absolute Gasteiger partial charge is 0.0651 e. The van der Waals surface area contributed by atoms with Crippen LogP contribution in [0.3, 0.4) is 0 Å². The summed E-state index contributed by atoms with van der Waals surface area (Å²) in [6, 6.07) is 0. The van der Waals surface area contributed by atoms with Crippen molar-refractivity contribution in [1.29, 1.82) is 0 Å². The van der Waals surface area contributed by atoms with Crippen molar-refractivity contribution < 1.29 is 0 Å². The van der Waals surface area contributed by atoms with Crippen molar-refractivity contribution in [3.8, 4) is 0 Å². The summed E-state index contributed by atoms with van der Waals surface area (Å²) in [6.45, 7) is 2.35. The molecule has 3 atom stereocenters. The van der Waals surface area contributed by atoms with Crippen LogP contribution in [0.4, 0.5) is 0 Å². The van der Waals surface area contributed by atoms with Gasteiger partial charge in [0.05, 0.1) is 0 Å². The molecule has 2 aliphatic carbocycles. The fraction of sp³-hybridized carbons (Fsp3) is 1.00. The normalized spacial score (nSPS) is 48.3. The molecule has 2 saturated carbocycles. The Morgan fingerprint density at radius 3 is 2.44 bits per heavy atom. The van der Waals surface area contributed by atoms with E-state index in [1.807, 2.05) is 0 Å². The van der Waals surface area contributed by atoms with Gasteiger partial charge in [0.1, 0.15) is 0 Å². The third-order valence-corrected chi connectivity index (χ3v) is 3.41. The van der Waals surface area contributed by atoms with Crippen LogP contribution in [0.25, 0.3) is 0 Å². The highest BCUT2D eigenvalue weighted by Crippen LogP contribution is 2.49. The molecule has 0 saturated heterocycles. The van der Waals surface area contributed by atoms with Crippen molar-refractivity contribution in [2.45, 2.75) is 39.0 Å². The van der Waals surface area contributed by atoms with Gasteiger partial charge in [-0.2, -0.15) is 0 Å². The predicted octanol–water partition coefficient (Wildman–Crippen LogP) is 2.83. The van der Waals surface area contributed by atoms with Crippen LogP contribution in [0.1, 0.15) is 39.0 Å². The first-order valence-electron chi connectivity index (χ1n) is 4.40. The Hall–Kier alpha value is 0. The Morgan fingerprint density at radius 2 is 2.11 bits per heavy atom. The maximum atomic E-state index is 2.35. The van der Waals surface area contributed by atoms with Crippen LogP contribution in [-0.4, -0.2) is 0 Å². The fourth-order valence-corrected chi connectivity index (χ4v) is 2.88. The van der Waals surface area contributed by atoms with Crippen LogP contribution in [0, 0.1) is 17.8 Å². The first-order chi connectivity index (χ1) is 4.40. The average molecular weight is 124 g/mol. The lowest BCUT2D eigenvalue weighted by atomic mass is 9.87. The molecule has 0 heteroatoms. The molecule has 2 rings (SSSR count). The Labute approximate surface area is 57.6 Å². The predicted molar refractivity (Wildman–Crippen MR) is 39.2 cm³/mol. The molecule has 0 aromatic rings. The highest BCUT2D eigenvalue weighted by molar-refractivity contribution is 4.88. The van der Waals surface area contributed by atoms with Gasteiger partial charge in [-0.15, -0.1) is 0 Å². The summed E-state index contributed by atoms with van der Waals surface area (Å²) >= 11 is 0. The Morgan fingerprint density at radius 1 is 1.22 bits per heavy atom. The van der Waals surface area contributed by atoms with E-state index >= 15 is 0 Å². The minimum atomic E-state index is 1.13. The SMILES string of the molecule is CCC1CC2CC[C@@H]1C2. The van der Waals surface area contributed by atoms with Gasteiger partial charge in [-0.1, -0.05) is 19.8 Å². The van der Waals surface area contributed by atoms with Crippen molar-refractivity contribution >= 4 is 0 Å². The van der Waals surface area contributed by atoms with Gasteiger partial charge >= 0.3 is 0 Å². The van der Waals surface area contributed by atoms with Crippen LogP contribution >= 0.6 is 0 Å². The van der Waals surface area contributed by atoms with E-state index in [4.69, 9.17) is 0 Å². The molecule has 0 aromatic heterocycles. The molecule has 2 bridgehead atoms. The van der Waals surface area contributed by atoms with E-state index in [-0.39, 0.29) is 0 Å². The first kappa shape index (κ1) is 5.76. The highest BCUT2D eigenvalue weighted by atomic mass is 14.4. The molecule has 2 aliphatic rings. The summed E-state index contributed by atoms with van der Waals surface area (Å²) in [5.41, 5.74) is 0. The lowest BCUT2D eigenvalue weighted by Crippen LogP contribution is -2.08. The van der Waals surface area contributed by atoms with Crippen LogP contribution < -0.4 is 0 Å². The van der Waals surface area contributed by atoms with E-state index in [2.05, 4.69) is 6.92 Å². The van der Waals surface area contributed by atoms with Gasteiger partial charge in [0.25, 0.3) is 0 Å². The quantitative estimate of drug-likeness (QED) is 0.504. The summed E-state index contributed by atoms with van der Waals surface area (Å²) in [6.07, 6.45) is 7.71. The van der Waals surface area contributed by atoms with E-state index < -0.39 is 0 Å². The fourth-order valence-electron chi connectivity index (χ4n) is 2.88. The van der Waals surface area contributed by atoms with E-state index in [0.29, 0.717) is 0 Å². The summed E-state index contributed by atoms with van der Waals surface area (Å²) in [4.78, 5) is 0. The smallest absolute Gasteiger partial charge is 0.0383 e. The van der Waals surface area contributed by atoms with Crippen LogP contribution in [0.5, 0.6) is 0 Å². The Bertz CT molecular complexity index is 107. The van der Waals surface area contributed by atoms with E-state index in [1.165, 1.54) is 6.42 Å². The zero-order valence-electron chi connectivity index (χ0n) is 6.27. The molecule has 0 radical (unpaired) electrons. The number of fused-ring (bicyclic) bond motifs is 2. The Balaban J connectivity index is 2.01. The highest BCUT2D eigenvalue weighted by Gasteiger charge is 2.37. The van der Waals surface area contributed by atoms with Gasteiger partial charge in [0, 0.05) is 0 Å². The minimum absolute atomic E-state index is 1.13. The minimum Gasteiger partial charge on any atom is -0.0651 e. The third kappa shape index (κ3) is 0.798. The topological polar surface area (TPSA) is 0 Å². The maximum absolute atomic E-state index is 2.35. The van der Waals surface area contributed by atoms with Crippen molar-refractivity contribution in [1.82, 2.24) is 0 Å². The molecule has 2 unspecified atom stereocenters. The molecule has 0 nitrogen and oxygen atoms in total. The molecular formula is C9H16. The van der Waals surface area contributed by atoms with Gasteiger partial charge in [0.15, 0.2) is 0 Å². The summed E-state index contributed by atoms with van der Waals surface area (Å²) in [7, 11) is 0. The summed E-state index contributed by atoms with van der Waals surface area (Å²) in [5.74, 6) is 3.43. The number of hydrogen-bond donors (Lipinski definition) is 0. The van der Waals surface area contributed by atoms with Gasteiger partial charge in [0.2, 0.25) is 0 Å². The summed E-state index contributed by atoms with van der Waals surface area (Å²) < 4.78 is 0. The maximum Gasteiger partial charge on any atom is -0.0383 e. The monoisotopic (exact) mass is 124 g/mol. The second kappa shape index (κ2) is 2.00. The molecule has 0 amide bonds. The van der Waals surface area contributed by atoms with Crippen LogP contribution in [0.2, 0.25) is 0 Å². The number of hydrogen-bond acceptors (Lipinski definition) is 0. The molecule has 0 aromatic carbocycles. The molecule has 52 valence electrons. The van der Waals surface area contributed by atoms with Gasteiger partial charge in [-0.3, -0.25) is 0 Å². The van der Waals surface area contributed by atoms with Crippen molar-refractivity contribution in [2.24, 2.45) is 17.8 Å². The molecule has 9 heavy (non-hydrogen) atoms. The average Bonchev–Trinajstić information content (AvgIpc) is 2.45. The molecule has 0 heterocycles. The zero-order chi connectivity index (χ0) is 6.27. The van der Waals surface area contributed by atoms with E-state index in [9.17, 15) is 0 Å². The van der Waals surface area contributed by atoms with Crippen LogP contribution in [0.15, 0.2) is 0 Å². The van der Waals surface area contributed by atoms with Gasteiger partial charge in [-0.25, -0.2) is 0 Å². The lowest BCUT2D eigenvalue weighted by molar-refractivity contribution is 0.324. The standard InChI is InChI=1S/C9H16/c1-2-8-5-7-3-4-9(8)6-7/h7-9H,2-6H2,1H3/t7?,8?,9-/m1/s1. The van der Waals surface area contributed by atoms with E-state index in [0.717, 1.165) is 17.8 Å². The van der Waals surface area contributed by atoms with Crippen molar-refractivity contribution in [2.75, 3.05) is 0 Å². The molecule has 0 N–H and O–H groups in total. The van der Waals surface area contributed by atoms with Gasteiger partial charge in [-0.05, 0) is 37.0 Å².